The Hall–Kier alpha value is -0.440. The first-order valence-corrected chi connectivity index (χ1v) is 4.09. The fourth-order valence-corrected chi connectivity index (χ4v) is 0.546. The Kier molecular flexibility index (Phi) is 4.26. The first-order valence-electron chi connectivity index (χ1n) is 4.09. The second-order valence-electron chi connectivity index (χ2n) is 3.50. The molecular weight excluding hydrogens is 140 g/mol. The lowest BCUT2D eigenvalue weighted by Crippen LogP contribution is -2.35. The van der Waals surface area contributed by atoms with Gasteiger partial charge in [-0.2, -0.15) is 0 Å². The minimum atomic E-state index is 0.0798. The molecule has 0 atom stereocenters. The normalized spacial score (nSPS) is 11.6. The van der Waals surface area contributed by atoms with Crippen LogP contribution in [0.5, 0.6) is 0 Å². The lowest BCUT2D eigenvalue weighted by Gasteiger charge is -2.16. The van der Waals surface area contributed by atoms with E-state index >= 15 is 0 Å². The topological polar surface area (TPSA) is 23.3 Å². The summed E-state index contributed by atoms with van der Waals surface area (Å²) in [6.07, 6.45) is 0. The number of nitrogens with zero attached hydrogens (tertiary/aromatic N) is 2. The summed E-state index contributed by atoms with van der Waals surface area (Å²) >= 11 is 0. The summed E-state index contributed by atoms with van der Waals surface area (Å²) in [6.45, 7) is 8.46. The smallest absolute Gasteiger partial charge is 0.245 e. The van der Waals surface area contributed by atoms with Crippen LogP contribution in [0, 0.1) is 4.91 Å². The number of hydrogen-bond acceptors (Lipinski definition) is 2. The molecule has 0 aromatic heterocycles. The lowest BCUT2D eigenvalue weighted by molar-refractivity contribution is -0.597. The Balaban J connectivity index is 3.76. The SMILES string of the molecule is CC(C)N(C)C[N+](=O)C(C)C. The summed E-state index contributed by atoms with van der Waals surface area (Å²) in [4.78, 5) is 13.2. The van der Waals surface area contributed by atoms with Crippen molar-refractivity contribution in [2.24, 2.45) is 0 Å². The summed E-state index contributed by atoms with van der Waals surface area (Å²) in [5.41, 5.74) is 0. The molecule has 0 rings (SSSR count). The molecule has 0 radical (unpaired) electrons. The van der Waals surface area contributed by atoms with Gasteiger partial charge in [-0.3, -0.25) is 0 Å². The van der Waals surface area contributed by atoms with Gasteiger partial charge in [0.15, 0.2) is 6.04 Å². The highest BCUT2D eigenvalue weighted by Gasteiger charge is 2.17. The van der Waals surface area contributed by atoms with Crippen molar-refractivity contribution in [2.75, 3.05) is 13.7 Å². The van der Waals surface area contributed by atoms with Crippen LogP contribution in [0.15, 0.2) is 0 Å². The monoisotopic (exact) mass is 159 g/mol. The van der Waals surface area contributed by atoms with Crippen LogP contribution in [-0.4, -0.2) is 35.5 Å². The van der Waals surface area contributed by atoms with Crippen LogP contribution in [0.3, 0.4) is 0 Å². The van der Waals surface area contributed by atoms with Crippen LogP contribution >= 0.6 is 0 Å². The van der Waals surface area contributed by atoms with Gasteiger partial charge in [-0.1, -0.05) is 0 Å². The van der Waals surface area contributed by atoms with E-state index in [1.54, 1.807) is 0 Å². The van der Waals surface area contributed by atoms with Crippen molar-refractivity contribution in [1.82, 2.24) is 4.90 Å². The predicted octanol–water partition coefficient (Wildman–Crippen LogP) is 1.47. The quantitative estimate of drug-likeness (QED) is 0.458. The van der Waals surface area contributed by atoms with E-state index < -0.39 is 0 Å². The molecule has 0 bridgehead atoms. The molecule has 0 aliphatic carbocycles. The van der Waals surface area contributed by atoms with Gasteiger partial charge in [0, 0.05) is 29.6 Å². The van der Waals surface area contributed by atoms with Gasteiger partial charge in [-0.25, -0.2) is 4.90 Å². The first kappa shape index (κ1) is 10.6. The maximum Gasteiger partial charge on any atom is 0.247 e. The molecule has 0 saturated carbocycles. The molecular formula is C8H19N2O+. The zero-order valence-corrected chi connectivity index (χ0v) is 8.16. The predicted molar refractivity (Wildman–Crippen MR) is 46.5 cm³/mol. The van der Waals surface area contributed by atoms with Crippen molar-refractivity contribution in [3.05, 3.63) is 4.91 Å². The van der Waals surface area contributed by atoms with Gasteiger partial charge in [0.05, 0.1) is 0 Å². The minimum Gasteiger partial charge on any atom is -0.245 e. The zero-order chi connectivity index (χ0) is 9.02. The molecule has 0 aliphatic heterocycles. The second-order valence-corrected chi connectivity index (χ2v) is 3.50. The lowest BCUT2D eigenvalue weighted by atomic mass is 10.3. The van der Waals surface area contributed by atoms with E-state index in [0.29, 0.717) is 12.7 Å². The third kappa shape index (κ3) is 4.09. The number of nitroso groups, excluding NO2 is 1. The molecule has 0 saturated heterocycles. The van der Waals surface area contributed by atoms with E-state index in [-0.39, 0.29) is 6.04 Å². The van der Waals surface area contributed by atoms with Gasteiger partial charge in [0.2, 0.25) is 6.67 Å². The largest absolute Gasteiger partial charge is 0.247 e. The van der Waals surface area contributed by atoms with Crippen LogP contribution in [0.25, 0.3) is 0 Å². The second kappa shape index (κ2) is 4.44. The average molecular weight is 159 g/mol. The Bertz CT molecular complexity index is 132. The average Bonchev–Trinajstić information content (AvgIpc) is 1.87. The maximum atomic E-state index is 11.1. The molecule has 0 N–H and O–H groups in total. The third-order valence-corrected chi connectivity index (χ3v) is 1.82. The fraction of sp³-hybridized carbons (Fsp3) is 1.00. The van der Waals surface area contributed by atoms with Gasteiger partial charge in [0.25, 0.3) is 0 Å². The summed E-state index contributed by atoms with van der Waals surface area (Å²) in [5.74, 6) is 0. The molecule has 0 unspecified atom stereocenters. The Morgan fingerprint density at radius 1 is 1.27 bits per heavy atom. The van der Waals surface area contributed by atoms with Gasteiger partial charge in [0.1, 0.15) is 0 Å². The van der Waals surface area contributed by atoms with Crippen molar-refractivity contribution in [3.8, 4) is 0 Å². The summed E-state index contributed by atoms with van der Waals surface area (Å²) in [5, 5.41) is 0. The first-order chi connectivity index (χ1) is 4.95. The highest BCUT2D eigenvalue weighted by atomic mass is 16.3. The Labute approximate surface area is 69.0 Å². The molecule has 66 valence electrons. The van der Waals surface area contributed by atoms with E-state index in [9.17, 15) is 4.91 Å². The molecule has 0 amide bonds. The van der Waals surface area contributed by atoms with E-state index in [4.69, 9.17) is 0 Å². The molecule has 0 aliphatic rings. The Morgan fingerprint density at radius 3 is 2.00 bits per heavy atom. The molecule has 3 nitrogen and oxygen atoms in total. The number of hydrogen-bond donors (Lipinski definition) is 0. The fourth-order valence-electron chi connectivity index (χ4n) is 0.546. The van der Waals surface area contributed by atoms with Gasteiger partial charge in [-0.15, -0.1) is 0 Å². The van der Waals surface area contributed by atoms with Gasteiger partial charge >= 0.3 is 0 Å². The van der Waals surface area contributed by atoms with E-state index in [0.717, 1.165) is 4.76 Å². The molecule has 3 heteroatoms. The van der Waals surface area contributed by atoms with Crippen LogP contribution in [0.2, 0.25) is 0 Å². The highest BCUT2D eigenvalue weighted by molar-refractivity contribution is 4.50. The minimum absolute atomic E-state index is 0.0798. The van der Waals surface area contributed by atoms with Crippen LogP contribution in [-0.2, 0) is 0 Å². The summed E-state index contributed by atoms with van der Waals surface area (Å²) < 4.78 is 1.08. The van der Waals surface area contributed by atoms with Crippen molar-refractivity contribution in [1.29, 1.82) is 0 Å². The third-order valence-electron chi connectivity index (χ3n) is 1.82. The molecule has 0 heterocycles. The summed E-state index contributed by atoms with van der Waals surface area (Å²) in [7, 11) is 1.96. The van der Waals surface area contributed by atoms with Crippen LogP contribution < -0.4 is 0 Å². The molecule has 0 spiro atoms. The van der Waals surface area contributed by atoms with Crippen LogP contribution in [0.1, 0.15) is 27.7 Å². The molecule has 11 heavy (non-hydrogen) atoms. The standard InChI is InChI=1S/C8H19N2O/c1-7(2)9(5)6-10(11)8(3)4/h7-8H,6H2,1-5H3/q+1. The van der Waals surface area contributed by atoms with Crippen molar-refractivity contribution in [3.63, 3.8) is 0 Å². The maximum absolute atomic E-state index is 11.1. The van der Waals surface area contributed by atoms with E-state index in [1.165, 1.54) is 0 Å². The van der Waals surface area contributed by atoms with Gasteiger partial charge < -0.3 is 0 Å². The van der Waals surface area contributed by atoms with E-state index in [1.807, 2.05) is 25.8 Å². The highest BCUT2D eigenvalue weighted by Crippen LogP contribution is 1.95. The molecule has 0 aromatic rings. The van der Waals surface area contributed by atoms with Crippen LogP contribution in [0.4, 0.5) is 0 Å². The molecule has 0 aromatic carbocycles. The number of rotatable bonds is 4. The van der Waals surface area contributed by atoms with Crippen molar-refractivity contribution in [2.45, 2.75) is 39.8 Å². The van der Waals surface area contributed by atoms with Crippen molar-refractivity contribution >= 4 is 0 Å². The summed E-state index contributed by atoms with van der Waals surface area (Å²) in [6, 6.07) is 0.515. The Morgan fingerprint density at radius 2 is 1.73 bits per heavy atom. The molecule has 0 fully saturated rings. The van der Waals surface area contributed by atoms with E-state index in [2.05, 4.69) is 13.8 Å². The zero-order valence-electron chi connectivity index (χ0n) is 8.16. The van der Waals surface area contributed by atoms with Crippen molar-refractivity contribution < 1.29 is 4.76 Å². The van der Waals surface area contributed by atoms with Gasteiger partial charge in [-0.05, 0) is 20.9 Å².